The van der Waals surface area contributed by atoms with Crippen molar-refractivity contribution in [3.05, 3.63) is 0 Å². The third kappa shape index (κ3) is 1.70. The van der Waals surface area contributed by atoms with Crippen LogP contribution in [0.4, 0.5) is 0 Å². The molecule has 1 nitrogen and oxygen atoms in total. The summed E-state index contributed by atoms with van der Waals surface area (Å²) in [4.78, 5) is 11.8. The molecule has 0 bridgehead atoms. The van der Waals surface area contributed by atoms with Crippen LogP contribution in [0.1, 0.15) is 58.8 Å². The minimum Gasteiger partial charge on any atom is -0.299 e. The third-order valence-electron chi connectivity index (χ3n) is 3.31. The summed E-state index contributed by atoms with van der Waals surface area (Å²) in [5.41, 5.74) is 0.107. The van der Waals surface area contributed by atoms with Gasteiger partial charge < -0.3 is 0 Å². The first-order valence-electron chi connectivity index (χ1n) is 5.28. The number of hydrogen-bond donors (Lipinski definition) is 0. The van der Waals surface area contributed by atoms with Crippen LogP contribution >= 0.6 is 0 Å². The Morgan fingerprint density at radius 2 is 1.83 bits per heavy atom. The molecule has 12 heavy (non-hydrogen) atoms. The summed E-state index contributed by atoms with van der Waals surface area (Å²) in [7, 11) is 0. The molecule has 0 saturated heterocycles. The van der Waals surface area contributed by atoms with E-state index in [1.54, 1.807) is 0 Å². The summed E-state index contributed by atoms with van der Waals surface area (Å²) in [5, 5.41) is 0. The smallest absolute Gasteiger partial charge is 0.139 e. The molecule has 70 valence electrons. The van der Waals surface area contributed by atoms with Crippen molar-refractivity contribution in [3.8, 4) is 0 Å². The highest BCUT2D eigenvalue weighted by atomic mass is 16.1. The highest BCUT2D eigenvalue weighted by Crippen LogP contribution is 2.42. The van der Waals surface area contributed by atoms with Gasteiger partial charge in [0.15, 0.2) is 0 Å². The average Bonchev–Trinajstić information content (AvgIpc) is 2.54. The van der Waals surface area contributed by atoms with E-state index in [1.807, 2.05) is 0 Å². The van der Waals surface area contributed by atoms with Gasteiger partial charge in [-0.1, -0.05) is 26.7 Å². The molecule has 0 aromatic heterocycles. The van der Waals surface area contributed by atoms with Crippen LogP contribution in [0.5, 0.6) is 0 Å². The summed E-state index contributed by atoms with van der Waals surface area (Å²) >= 11 is 0. The Morgan fingerprint density at radius 1 is 1.25 bits per heavy atom. The van der Waals surface area contributed by atoms with Crippen molar-refractivity contribution >= 4 is 5.78 Å². The number of carbonyl (C=O) groups is 1. The van der Waals surface area contributed by atoms with Gasteiger partial charge in [0, 0.05) is 11.8 Å². The van der Waals surface area contributed by atoms with Crippen molar-refractivity contribution in [2.75, 3.05) is 0 Å². The fourth-order valence-corrected chi connectivity index (χ4v) is 2.37. The van der Waals surface area contributed by atoms with Gasteiger partial charge in [-0.3, -0.25) is 4.79 Å². The van der Waals surface area contributed by atoms with E-state index >= 15 is 0 Å². The zero-order valence-electron chi connectivity index (χ0n) is 8.36. The van der Waals surface area contributed by atoms with Crippen LogP contribution in [0.15, 0.2) is 0 Å². The largest absolute Gasteiger partial charge is 0.299 e. The number of rotatable bonds is 4. The number of ketones is 1. The van der Waals surface area contributed by atoms with Crippen molar-refractivity contribution in [1.82, 2.24) is 0 Å². The average molecular weight is 168 g/mol. The second-order valence-electron chi connectivity index (χ2n) is 4.01. The van der Waals surface area contributed by atoms with E-state index in [9.17, 15) is 4.79 Å². The van der Waals surface area contributed by atoms with Crippen molar-refractivity contribution in [2.24, 2.45) is 5.41 Å². The Balaban J connectivity index is 2.59. The van der Waals surface area contributed by atoms with Gasteiger partial charge in [-0.2, -0.15) is 0 Å². The molecule has 1 heteroatoms. The standard InChI is InChI=1S/C11H20O/c1-3-7-10(12)11(4-2)8-5-6-9-11/h3-9H2,1-2H3. The van der Waals surface area contributed by atoms with E-state index in [2.05, 4.69) is 13.8 Å². The van der Waals surface area contributed by atoms with Gasteiger partial charge in [0.25, 0.3) is 0 Å². The Bertz CT molecular complexity index is 154. The van der Waals surface area contributed by atoms with Gasteiger partial charge in [-0.05, 0) is 25.7 Å². The van der Waals surface area contributed by atoms with Crippen LogP contribution in [-0.4, -0.2) is 5.78 Å². The highest BCUT2D eigenvalue weighted by Gasteiger charge is 2.37. The van der Waals surface area contributed by atoms with Crippen LogP contribution < -0.4 is 0 Å². The van der Waals surface area contributed by atoms with Gasteiger partial charge in [-0.15, -0.1) is 0 Å². The molecule has 0 atom stereocenters. The number of Topliss-reactive ketones (excluding diaryl/α,β-unsaturated/α-hetero) is 1. The van der Waals surface area contributed by atoms with E-state index in [-0.39, 0.29) is 5.41 Å². The zero-order chi connectivity index (χ0) is 9.03. The van der Waals surface area contributed by atoms with Crippen molar-refractivity contribution in [3.63, 3.8) is 0 Å². The van der Waals surface area contributed by atoms with E-state index in [1.165, 1.54) is 12.8 Å². The summed E-state index contributed by atoms with van der Waals surface area (Å²) < 4.78 is 0. The van der Waals surface area contributed by atoms with Crippen LogP contribution in [-0.2, 0) is 4.79 Å². The topological polar surface area (TPSA) is 17.1 Å². The van der Waals surface area contributed by atoms with Gasteiger partial charge in [-0.25, -0.2) is 0 Å². The molecule has 1 aliphatic rings. The fraction of sp³-hybridized carbons (Fsp3) is 0.909. The molecular formula is C11H20O. The molecule has 0 unspecified atom stereocenters. The second kappa shape index (κ2) is 4.06. The summed E-state index contributed by atoms with van der Waals surface area (Å²) in [6.45, 7) is 4.26. The molecule has 1 fully saturated rings. The van der Waals surface area contributed by atoms with E-state index in [4.69, 9.17) is 0 Å². The predicted octanol–water partition coefficient (Wildman–Crippen LogP) is 3.33. The lowest BCUT2D eigenvalue weighted by Gasteiger charge is -2.25. The van der Waals surface area contributed by atoms with Gasteiger partial charge >= 0.3 is 0 Å². The minimum atomic E-state index is 0.107. The van der Waals surface area contributed by atoms with Crippen LogP contribution in [0, 0.1) is 5.41 Å². The maximum Gasteiger partial charge on any atom is 0.139 e. The Kier molecular flexibility index (Phi) is 3.30. The molecule has 0 heterocycles. The van der Waals surface area contributed by atoms with Crippen molar-refractivity contribution in [2.45, 2.75) is 58.8 Å². The third-order valence-corrected chi connectivity index (χ3v) is 3.31. The minimum absolute atomic E-state index is 0.107. The quantitative estimate of drug-likeness (QED) is 0.629. The summed E-state index contributed by atoms with van der Waals surface area (Å²) in [6.07, 6.45) is 7.72. The molecule has 0 radical (unpaired) electrons. The van der Waals surface area contributed by atoms with Crippen LogP contribution in [0.3, 0.4) is 0 Å². The molecule has 0 aromatic carbocycles. The molecule has 0 amide bonds. The molecule has 1 rings (SSSR count). The van der Waals surface area contributed by atoms with Crippen LogP contribution in [0.2, 0.25) is 0 Å². The van der Waals surface area contributed by atoms with E-state index in [0.29, 0.717) is 5.78 Å². The first-order chi connectivity index (χ1) is 5.75. The maximum absolute atomic E-state index is 11.8. The Labute approximate surface area is 75.5 Å². The molecule has 1 aliphatic carbocycles. The lowest BCUT2D eigenvalue weighted by atomic mass is 9.78. The Hall–Kier alpha value is -0.330. The first-order valence-corrected chi connectivity index (χ1v) is 5.28. The lowest BCUT2D eigenvalue weighted by molar-refractivity contribution is -0.128. The van der Waals surface area contributed by atoms with E-state index in [0.717, 1.165) is 32.1 Å². The zero-order valence-corrected chi connectivity index (χ0v) is 8.36. The molecule has 0 aliphatic heterocycles. The normalized spacial score (nSPS) is 21.2. The maximum atomic E-state index is 11.8. The van der Waals surface area contributed by atoms with E-state index < -0.39 is 0 Å². The molecule has 0 aromatic rings. The van der Waals surface area contributed by atoms with Gasteiger partial charge in [0.2, 0.25) is 0 Å². The fourth-order valence-electron chi connectivity index (χ4n) is 2.37. The molecule has 1 saturated carbocycles. The van der Waals surface area contributed by atoms with Gasteiger partial charge in [0.1, 0.15) is 5.78 Å². The van der Waals surface area contributed by atoms with Crippen molar-refractivity contribution in [1.29, 1.82) is 0 Å². The predicted molar refractivity (Wildman–Crippen MR) is 51.1 cm³/mol. The lowest BCUT2D eigenvalue weighted by Crippen LogP contribution is -2.26. The first kappa shape index (κ1) is 9.76. The van der Waals surface area contributed by atoms with Gasteiger partial charge in [0.05, 0.1) is 0 Å². The summed E-state index contributed by atoms with van der Waals surface area (Å²) in [5.74, 6) is 0.532. The second-order valence-corrected chi connectivity index (χ2v) is 4.01. The molecule has 0 N–H and O–H groups in total. The Morgan fingerprint density at radius 3 is 2.25 bits per heavy atom. The SMILES string of the molecule is CCCC(=O)C1(CC)CCCC1. The summed E-state index contributed by atoms with van der Waals surface area (Å²) in [6, 6.07) is 0. The monoisotopic (exact) mass is 168 g/mol. The molecular weight excluding hydrogens is 148 g/mol. The van der Waals surface area contributed by atoms with Crippen molar-refractivity contribution < 1.29 is 4.79 Å². The van der Waals surface area contributed by atoms with Crippen LogP contribution in [0.25, 0.3) is 0 Å². The highest BCUT2D eigenvalue weighted by molar-refractivity contribution is 5.84. The number of carbonyl (C=O) groups excluding carboxylic acids is 1. The number of hydrogen-bond acceptors (Lipinski definition) is 1. The molecule has 0 spiro atoms.